The van der Waals surface area contributed by atoms with E-state index in [2.05, 4.69) is 69.3 Å². The third-order valence-electron chi connectivity index (χ3n) is 6.81. The Hall–Kier alpha value is -1.89. The molecule has 130 valence electrons. The molecule has 0 saturated heterocycles. The van der Waals surface area contributed by atoms with E-state index in [0.717, 1.165) is 12.8 Å². The van der Waals surface area contributed by atoms with Gasteiger partial charge in [0.15, 0.2) is 0 Å². The Balaban J connectivity index is 1.58. The maximum atomic E-state index is 13.2. The van der Waals surface area contributed by atoms with Crippen LogP contribution >= 0.6 is 0 Å². The fourth-order valence-corrected chi connectivity index (χ4v) is 5.09. The van der Waals surface area contributed by atoms with E-state index in [4.69, 9.17) is 0 Å². The molecule has 0 unspecified atom stereocenters. The molecule has 2 aliphatic rings. The summed E-state index contributed by atoms with van der Waals surface area (Å²) in [6.07, 6.45) is 3.34. The molecule has 2 aromatic carbocycles. The van der Waals surface area contributed by atoms with E-state index in [0.29, 0.717) is 23.5 Å². The Morgan fingerprint density at radius 2 is 1.56 bits per heavy atom. The number of carbonyl (C=O) groups is 1. The maximum Gasteiger partial charge on any atom is 0.143 e. The monoisotopic (exact) mass is 332 g/mol. The fraction of sp³-hybridized carbons (Fsp3) is 0.458. The topological polar surface area (TPSA) is 17.1 Å². The van der Waals surface area contributed by atoms with E-state index in [1.807, 2.05) is 6.07 Å². The first-order valence-electron chi connectivity index (χ1n) is 9.73. The van der Waals surface area contributed by atoms with Crippen LogP contribution in [0.4, 0.5) is 0 Å². The molecule has 4 rings (SSSR count). The summed E-state index contributed by atoms with van der Waals surface area (Å²) in [6.45, 7) is 6.71. The molecule has 2 saturated carbocycles. The zero-order valence-corrected chi connectivity index (χ0v) is 15.5. The second kappa shape index (κ2) is 6.12. The Labute approximate surface area is 151 Å². The number of rotatable bonds is 3. The predicted molar refractivity (Wildman–Crippen MR) is 103 cm³/mol. The highest BCUT2D eigenvalue weighted by molar-refractivity contribution is 5.92. The Morgan fingerprint density at radius 1 is 0.920 bits per heavy atom. The van der Waals surface area contributed by atoms with Crippen molar-refractivity contribution in [3.05, 3.63) is 60.2 Å². The van der Waals surface area contributed by atoms with Crippen LogP contribution in [0.2, 0.25) is 0 Å². The Morgan fingerprint density at radius 3 is 2.20 bits per heavy atom. The molecule has 1 heteroatoms. The lowest BCUT2D eigenvalue weighted by molar-refractivity contribution is -0.135. The van der Waals surface area contributed by atoms with Crippen molar-refractivity contribution in [1.29, 1.82) is 0 Å². The van der Waals surface area contributed by atoms with Gasteiger partial charge in [-0.15, -0.1) is 0 Å². The lowest BCUT2D eigenvalue weighted by atomic mass is 9.66. The molecule has 0 radical (unpaired) electrons. The molecule has 1 spiro atoms. The minimum absolute atomic E-state index is 0.0680. The Bertz CT molecular complexity index is 758. The van der Waals surface area contributed by atoms with Crippen LogP contribution in [0.1, 0.15) is 51.5 Å². The summed E-state index contributed by atoms with van der Waals surface area (Å²) < 4.78 is 0. The van der Waals surface area contributed by atoms with Crippen molar-refractivity contribution in [3.8, 4) is 11.1 Å². The average Bonchev–Trinajstić information content (AvgIpc) is 3.38. The van der Waals surface area contributed by atoms with E-state index < -0.39 is 0 Å². The molecule has 0 N–H and O–H groups in total. The smallest absolute Gasteiger partial charge is 0.143 e. The van der Waals surface area contributed by atoms with Gasteiger partial charge in [-0.25, -0.2) is 0 Å². The van der Waals surface area contributed by atoms with Crippen LogP contribution in [0, 0.1) is 23.2 Å². The summed E-state index contributed by atoms with van der Waals surface area (Å²) in [5.74, 6) is 2.25. The van der Waals surface area contributed by atoms with Gasteiger partial charge in [0.2, 0.25) is 0 Å². The van der Waals surface area contributed by atoms with Crippen LogP contribution in [0.25, 0.3) is 11.1 Å². The van der Waals surface area contributed by atoms with Crippen LogP contribution in [-0.2, 0) is 4.79 Å². The second-order valence-corrected chi connectivity index (χ2v) is 8.48. The van der Waals surface area contributed by atoms with Crippen LogP contribution in [0.3, 0.4) is 0 Å². The molecule has 0 aromatic heterocycles. The molecule has 1 nitrogen and oxygen atoms in total. The van der Waals surface area contributed by atoms with Crippen molar-refractivity contribution in [3.63, 3.8) is 0 Å². The van der Waals surface area contributed by atoms with Gasteiger partial charge in [0.1, 0.15) is 5.78 Å². The zero-order valence-electron chi connectivity index (χ0n) is 15.5. The molecule has 2 aliphatic carbocycles. The van der Waals surface area contributed by atoms with Crippen LogP contribution in [0.5, 0.6) is 0 Å². The van der Waals surface area contributed by atoms with Gasteiger partial charge in [0, 0.05) is 11.3 Å². The molecule has 25 heavy (non-hydrogen) atoms. The first kappa shape index (κ1) is 16.6. The summed E-state index contributed by atoms with van der Waals surface area (Å²) in [7, 11) is 0. The molecule has 2 aromatic rings. The molecule has 0 heterocycles. The number of Topliss-reactive ketones (excluding diaryl/α,β-unsaturated/α-hetero) is 1. The summed E-state index contributed by atoms with van der Waals surface area (Å²) in [5, 5.41) is 0. The predicted octanol–water partition coefficient (Wildman–Crippen LogP) is 6.10. The van der Waals surface area contributed by atoms with Crippen LogP contribution in [-0.4, -0.2) is 5.78 Å². The maximum absolute atomic E-state index is 13.2. The number of benzene rings is 2. The third-order valence-corrected chi connectivity index (χ3v) is 6.81. The summed E-state index contributed by atoms with van der Waals surface area (Å²) in [4.78, 5) is 13.2. The van der Waals surface area contributed by atoms with Crippen molar-refractivity contribution in [2.75, 3.05) is 0 Å². The molecule has 0 amide bonds. The average molecular weight is 332 g/mol. The van der Waals surface area contributed by atoms with Gasteiger partial charge in [-0.3, -0.25) is 4.79 Å². The molecule has 4 atom stereocenters. The highest BCUT2D eigenvalue weighted by Gasteiger charge is 2.65. The van der Waals surface area contributed by atoms with Gasteiger partial charge in [-0.2, -0.15) is 0 Å². The number of hydrogen-bond donors (Lipinski definition) is 0. The second-order valence-electron chi connectivity index (χ2n) is 8.48. The highest BCUT2D eigenvalue weighted by Crippen LogP contribution is 2.68. The summed E-state index contributed by atoms with van der Waals surface area (Å²) in [6, 6.07) is 19.4. The molecule has 0 bridgehead atoms. The molecule has 0 aliphatic heterocycles. The summed E-state index contributed by atoms with van der Waals surface area (Å²) in [5.41, 5.74) is 3.79. The van der Waals surface area contributed by atoms with Gasteiger partial charge < -0.3 is 0 Å². The quantitative estimate of drug-likeness (QED) is 0.664. The Kier molecular flexibility index (Phi) is 4.06. The zero-order chi connectivity index (χ0) is 17.6. The lowest BCUT2D eigenvalue weighted by Crippen LogP contribution is -2.39. The van der Waals surface area contributed by atoms with E-state index in [1.165, 1.54) is 23.1 Å². The van der Waals surface area contributed by atoms with E-state index in [9.17, 15) is 4.79 Å². The van der Waals surface area contributed by atoms with Crippen molar-refractivity contribution in [2.45, 2.75) is 46.0 Å². The van der Waals surface area contributed by atoms with Gasteiger partial charge in [-0.05, 0) is 53.7 Å². The third kappa shape index (κ3) is 2.65. The van der Waals surface area contributed by atoms with Gasteiger partial charge in [0.25, 0.3) is 0 Å². The molecular weight excluding hydrogens is 304 g/mol. The lowest BCUT2D eigenvalue weighted by Gasteiger charge is -2.36. The fourth-order valence-electron chi connectivity index (χ4n) is 5.09. The van der Waals surface area contributed by atoms with Gasteiger partial charge in [0.05, 0.1) is 0 Å². The largest absolute Gasteiger partial charge is 0.299 e. The van der Waals surface area contributed by atoms with Crippen molar-refractivity contribution >= 4 is 5.78 Å². The first-order valence-corrected chi connectivity index (χ1v) is 9.73. The first-order chi connectivity index (χ1) is 12.0. The number of carbonyl (C=O) groups excluding carboxylic acids is 1. The standard InChI is InChI=1S/C24H28O/c1-16(2)21-14-9-17(3)24(23(21)25)15-22(24)20-12-10-19(11-13-20)18-7-5-4-6-8-18/h4-8,10-13,16-17,21-22H,9,14-15H2,1-3H3/t17-,21-,22+,24-/m0/s1. The van der Waals surface area contributed by atoms with Crippen molar-refractivity contribution in [2.24, 2.45) is 23.2 Å². The van der Waals surface area contributed by atoms with E-state index in [1.54, 1.807) is 0 Å². The number of hydrogen-bond acceptors (Lipinski definition) is 1. The SMILES string of the molecule is CC(C)[C@@H]1CC[C@H](C)[C@]2(C[C@@H]2c2ccc(-c3ccccc3)cc2)C1=O. The van der Waals surface area contributed by atoms with Crippen molar-refractivity contribution < 1.29 is 4.79 Å². The van der Waals surface area contributed by atoms with E-state index in [-0.39, 0.29) is 11.3 Å². The van der Waals surface area contributed by atoms with Gasteiger partial charge in [-0.1, -0.05) is 75.4 Å². The molecule has 2 fully saturated rings. The highest BCUT2D eigenvalue weighted by atomic mass is 16.1. The summed E-state index contributed by atoms with van der Waals surface area (Å²) >= 11 is 0. The van der Waals surface area contributed by atoms with Crippen LogP contribution < -0.4 is 0 Å². The molecular formula is C24H28O. The minimum Gasteiger partial charge on any atom is -0.299 e. The normalized spacial score (nSPS) is 31.5. The number of ketones is 1. The van der Waals surface area contributed by atoms with Gasteiger partial charge >= 0.3 is 0 Å². The van der Waals surface area contributed by atoms with E-state index >= 15 is 0 Å². The minimum atomic E-state index is -0.0680. The van der Waals surface area contributed by atoms with Crippen LogP contribution in [0.15, 0.2) is 54.6 Å². The van der Waals surface area contributed by atoms with Crippen molar-refractivity contribution in [1.82, 2.24) is 0 Å².